The van der Waals surface area contributed by atoms with E-state index in [4.69, 9.17) is 16.7 Å². The highest BCUT2D eigenvalue weighted by molar-refractivity contribution is 6.30. The average Bonchev–Trinajstić information content (AvgIpc) is 2.62. The lowest BCUT2D eigenvalue weighted by Crippen LogP contribution is -2.42. The van der Waals surface area contributed by atoms with Crippen molar-refractivity contribution in [3.8, 4) is 0 Å². The lowest BCUT2D eigenvalue weighted by Gasteiger charge is -2.33. The van der Waals surface area contributed by atoms with Crippen LogP contribution < -0.4 is 10.2 Å². The largest absolute Gasteiger partial charge is 0.478 e. The number of nitrogens with one attached hydrogen (secondary N) is 1. The molecule has 2 aromatic rings. The first-order chi connectivity index (χ1) is 11.6. The Morgan fingerprint density at radius 3 is 2.50 bits per heavy atom. The molecule has 3 rings (SSSR count). The van der Waals surface area contributed by atoms with E-state index in [1.54, 1.807) is 12.1 Å². The van der Waals surface area contributed by atoms with E-state index in [0.29, 0.717) is 6.04 Å². The van der Waals surface area contributed by atoms with Crippen molar-refractivity contribution in [1.29, 1.82) is 0 Å². The Kier molecular flexibility index (Phi) is 5.33. The highest BCUT2D eigenvalue weighted by Crippen LogP contribution is 2.18. The number of hydrogen-bond acceptors (Lipinski definition) is 4. The summed E-state index contributed by atoms with van der Waals surface area (Å²) in [7, 11) is 0. The van der Waals surface area contributed by atoms with Crippen molar-refractivity contribution in [1.82, 2.24) is 10.3 Å². The fourth-order valence-corrected chi connectivity index (χ4v) is 3.00. The molecule has 2 N–H and O–H groups in total. The topological polar surface area (TPSA) is 65.5 Å². The van der Waals surface area contributed by atoms with Gasteiger partial charge in [-0.25, -0.2) is 9.78 Å². The van der Waals surface area contributed by atoms with Crippen LogP contribution in [0.5, 0.6) is 0 Å². The Hall–Kier alpha value is -2.11. The summed E-state index contributed by atoms with van der Waals surface area (Å²) in [6, 6.07) is 11.8. The van der Waals surface area contributed by atoms with Gasteiger partial charge in [-0.05, 0) is 42.7 Å². The van der Waals surface area contributed by atoms with E-state index in [-0.39, 0.29) is 5.56 Å². The zero-order valence-corrected chi connectivity index (χ0v) is 14.0. The molecule has 0 atom stereocenters. The zero-order chi connectivity index (χ0) is 16.9. The van der Waals surface area contributed by atoms with Crippen molar-refractivity contribution in [3.63, 3.8) is 0 Å². The Bertz CT molecular complexity index is 680. The number of benzene rings is 1. The second-order valence-electron chi connectivity index (χ2n) is 5.98. The van der Waals surface area contributed by atoms with Crippen LogP contribution in [-0.4, -0.2) is 35.2 Å². The number of piperidine rings is 1. The van der Waals surface area contributed by atoms with Gasteiger partial charge in [-0.2, -0.15) is 0 Å². The van der Waals surface area contributed by atoms with Gasteiger partial charge in [0.05, 0.1) is 5.56 Å². The van der Waals surface area contributed by atoms with Gasteiger partial charge in [0, 0.05) is 36.9 Å². The first kappa shape index (κ1) is 16.7. The Balaban J connectivity index is 1.48. The number of nitrogens with zero attached hydrogens (tertiary/aromatic N) is 2. The number of carbonyl (C=O) groups is 1. The summed E-state index contributed by atoms with van der Waals surface area (Å²) in [5.74, 6) is -0.102. The smallest absolute Gasteiger partial charge is 0.337 e. The molecule has 1 saturated heterocycles. The van der Waals surface area contributed by atoms with Crippen LogP contribution in [0, 0.1) is 0 Å². The zero-order valence-electron chi connectivity index (χ0n) is 13.3. The Morgan fingerprint density at radius 1 is 1.21 bits per heavy atom. The molecule has 0 spiro atoms. The van der Waals surface area contributed by atoms with E-state index < -0.39 is 5.97 Å². The van der Waals surface area contributed by atoms with E-state index in [1.807, 2.05) is 24.3 Å². The standard InChI is InChI=1S/C18H20ClN3O2/c19-15-4-1-13(2-5-15)11-20-16-7-9-22(10-8-16)17-6-3-14(12-21-17)18(23)24/h1-6,12,16,20H,7-11H2,(H,23,24). The normalized spacial score (nSPS) is 15.5. The third-order valence-corrected chi connectivity index (χ3v) is 4.57. The highest BCUT2D eigenvalue weighted by Gasteiger charge is 2.20. The van der Waals surface area contributed by atoms with Gasteiger partial charge in [0.25, 0.3) is 0 Å². The molecule has 0 saturated carbocycles. The molecule has 126 valence electrons. The van der Waals surface area contributed by atoms with Crippen molar-refractivity contribution in [3.05, 3.63) is 58.7 Å². The van der Waals surface area contributed by atoms with Crippen LogP contribution in [0.2, 0.25) is 5.02 Å². The number of halogens is 1. The van der Waals surface area contributed by atoms with Crippen molar-refractivity contribution in [2.45, 2.75) is 25.4 Å². The molecule has 6 heteroatoms. The lowest BCUT2D eigenvalue weighted by molar-refractivity contribution is 0.0696. The summed E-state index contributed by atoms with van der Waals surface area (Å²) < 4.78 is 0. The van der Waals surface area contributed by atoms with Gasteiger partial charge in [0.15, 0.2) is 0 Å². The van der Waals surface area contributed by atoms with E-state index in [0.717, 1.165) is 43.3 Å². The second kappa shape index (κ2) is 7.64. The molecule has 0 aliphatic carbocycles. The molecule has 1 aliphatic rings. The maximum Gasteiger partial charge on any atom is 0.337 e. The number of pyridine rings is 1. The number of anilines is 1. The van der Waals surface area contributed by atoms with Crippen LogP contribution >= 0.6 is 11.6 Å². The molecule has 1 aliphatic heterocycles. The number of carboxylic acids is 1. The minimum Gasteiger partial charge on any atom is -0.478 e. The minimum absolute atomic E-state index is 0.221. The predicted octanol–water partition coefficient (Wildman–Crippen LogP) is 3.19. The minimum atomic E-state index is -0.945. The molecule has 0 radical (unpaired) electrons. The van der Waals surface area contributed by atoms with Crippen LogP contribution in [0.4, 0.5) is 5.82 Å². The lowest BCUT2D eigenvalue weighted by atomic mass is 10.0. The van der Waals surface area contributed by atoms with Crippen molar-refractivity contribution in [2.24, 2.45) is 0 Å². The summed E-state index contributed by atoms with van der Waals surface area (Å²) in [4.78, 5) is 17.3. The summed E-state index contributed by atoms with van der Waals surface area (Å²) in [5.41, 5.74) is 1.45. The first-order valence-electron chi connectivity index (χ1n) is 8.04. The summed E-state index contributed by atoms with van der Waals surface area (Å²) >= 11 is 5.90. The molecule has 1 aromatic carbocycles. The van der Waals surface area contributed by atoms with Gasteiger partial charge >= 0.3 is 5.97 Å². The van der Waals surface area contributed by atoms with Crippen LogP contribution in [0.1, 0.15) is 28.8 Å². The quantitative estimate of drug-likeness (QED) is 0.871. The van der Waals surface area contributed by atoms with Crippen molar-refractivity contribution < 1.29 is 9.90 Å². The molecule has 1 aromatic heterocycles. The van der Waals surface area contributed by atoms with Gasteiger partial charge in [-0.3, -0.25) is 0 Å². The van der Waals surface area contributed by atoms with Crippen LogP contribution in [0.3, 0.4) is 0 Å². The number of aromatic nitrogens is 1. The van der Waals surface area contributed by atoms with Crippen LogP contribution in [0.15, 0.2) is 42.6 Å². The molecule has 5 nitrogen and oxygen atoms in total. The number of hydrogen-bond donors (Lipinski definition) is 2. The number of aromatic carboxylic acids is 1. The van der Waals surface area contributed by atoms with E-state index >= 15 is 0 Å². The van der Waals surface area contributed by atoms with E-state index in [9.17, 15) is 4.79 Å². The van der Waals surface area contributed by atoms with Gasteiger partial charge < -0.3 is 15.3 Å². The monoisotopic (exact) mass is 345 g/mol. The third kappa shape index (κ3) is 4.24. The maximum atomic E-state index is 10.9. The van der Waals surface area contributed by atoms with Crippen LogP contribution in [-0.2, 0) is 6.54 Å². The van der Waals surface area contributed by atoms with Crippen molar-refractivity contribution >= 4 is 23.4 Å². The molecular formula is C18H20ClN3O2. The summed E-state index contributed by atoms with van der Waals surface area (Å²) in [6.07, 6.45) is 3.49. The summed E-state index contributed by atoms with van der Waals surface area (Å²) in [5, 5.41) is 13.3. The SMILES string of the molecule is O=C(O)c1ccc(N2CCC(NCc3ccc(Cl)cc3)CC2)nc1. The molecule has 2 heterocycles. The summed E-state index contributed by atoms with van der Waals surface area (Å²) in [6.45, 7) is 2.67. The Labute approximate surface area is 146 Å². The molecular weight excluding hydrogens is 326 g/mol. The molecule has 0 unspecified atom stereocenters. The van der Waals surface area contributed by atoms with Gasteiger partial charge in [0.2, 0.25) is 0 Å². The van der Waals surface area contributed by atoms with E-state index in [1.165, 1.54) is 11.8 Å². The van der Waals surface area contributed by atoms with Gasteiger partial charge in [0.1, 0.15) is 5.82 Å². The van der Waals surface area contributed by atoms with Crippen molar-refractivity contribution in [2.75, 3.05) is 18.0 Å². The first-order valence-corrected chi connectivity index (χ1v) is 8.42. The molecule has 0 amide bonds. The molecule has 1 fully saturated rings. The molecule has 24 heavy (non-hydrogen) atoms. The fraction of sp³-hybridized carbons (Fsp3) is 0.333. The predicted molar refractivity (Wildman–Crippen MR) is 94.7 cm³/mol. The van der Waals surface area contributed by atoms with E-state index in [2.05, 4.69) is 15.2 Å². The fourth-order valence-electron chi connectivity index (χ4n) is 2.88. The number of rotatable bonds is 5. The number of carboxylic acid groups (broad SMARTS) is 1. The van der Waals surface area contributed by atoms with Gasteiger partial charge in [-0.15, -0.1) is 0 Å². The van der Waals surface area contributed by atoms with Crippen LogP contribution in [0.25, 0.3) is 0 Å². The maximum absolute atomic E-state index is 10.9. The second-order valence-corrected chi connectivity index (χ2v) is 6.42. The Morgan fingerprint density at radius 2 is 1.92 bits per heavy atom. The average molecular weight is 346 g/mol. The molecule has 0 bridgehead atoms. The van der Waals surface area contributed by atoms with Gasteiger partial charge in [-0.1, -0.05) is 23.7 Å². The third-order valence-electron chi connectivity index (χ3n) is 4.32. The highest BCUT2D eigenvalue weighted by atomic mass is 35.5.